The molecule has 0 saturated carbocycles. The maximum Gasteiger partial charge on any atom is 0.444 e. The van der Waals surface area contributed by atoms with Crippen molar-refractivity contribution in [1.82, 2.24) is 9.78 Å². The van der Waals surface area contributed by atoms with E-state index in [2.05, 4.69) is 21.0 Å². The number of nitrogens with zero attached hydrogens (tertiary/aromatic N) is 2. The van der Waals surface area contributed by atoms with E-state index in [1.165, 1.54) is 0 Å². The second-order valence-electron chi connectivity index (χ2n) is 3.35. The quantitative estimate of drug-likeness (QED) is 0.869. The van der Waals surface area contributed by atoms with Crippen LogP contribution in [0.25, 0.3) is 5.69 Å². The number of hydrogen-bond donors (Lipinski definition) is 0. The van der Waals surface area contributed by atoms with Crippen LogP contribution in [-0.2, 0) is 0 Å². The molecule has 0 N–H and O–H groups in total. The van der Waals surface area contributed by atoms with Crippen molar-refractivity contribution in [2.24, 2.45) is 0 Å². The van der Waals surface area contributed by atoms with Crippen LogP contribution in [0, 0.1) is 0 Å². The van der Waals surface area contributed by atoms with E-state index in [4.69, 9.17) is 9.15 Å². The molecule has 0 aliphatic carbocycles. The summed E-state index contributed by atoms with van der Waals surface area (Å²) >= 11 is 3.35. The summed E-state index contributed by atoms with van der Waals surface area (Å²) in [6, 6.07) is 7.25. The maximum atomic E-state index is 11.6. The second kappa shape index (κ2) is 5.18. The molecule has 0 radical (unpaired) electrons. The van der Waals surface area contributed by atoms with Crippen LogP contribution in [-0.4, -0.2) is 16.4 Å². The van der Waals surface area contributed by atoms with Gasteiger partial charge in [-0.1, -0.05) is 24.2 Å². The maximum absolute atomic E-state index is 11.6. The van der Waals surface area contributed by atoms with E-state index in [-0.39, 0.29) is 6.08 Å². The van der Waals surface area contributed by atoms with Crippen molar-refractivity contribution in [3.8, 4) is 11.8 Å². The molecule has 17 heavy (non-hydrogen) atoms. The van der Waals surface area contributed by atoms with Crippen molar-refractivity contribution < 1.29 is 9.15 Å². The summed E-state index contributed by atoms with van der Waals surface area (Å²) in [5.41, 5.74) is 0.618. The van der Waals surface area contributed by atoms with Gasteiger partial charge in [0.2, 0.25) is 0 Å². The molecule has 1 aromatic carbocycles. The van der Waals surface area contributed by atoms with Gasteiger partial charge in [0, 0.05) is 4.47 Å². The van der Waals surface area contributed by atoms with E-state index in [0.29, 0.717) is 12.3 Å². The molecule has 0 unspecified atom stereocenters. The zero-order chi connectivity index (χ0) is 12.3. The van der Waals surface area contributed by atoms with E-state index >= 15 is 0 Å². The van der Waals surface area contributed by atoms with Crippen LogP contribution in [0.4, 0.5) is 0 Å². The SMILES string of the molecule is CCCOc1nn(-c2ccccc2Br)c(=O)o1. The van der Waals surface area contributed by atoms with Gasteiger partial charge in [0.15, 0.2) is 0 Å². The van der Waals surface area contributed by atoms with Crippen LogP contribution in [0.2, 0.25) is 0 Å². The lowest BCUT2D eigenvalue weighted by Crippen LogP contribution is -2.13. The molecular weight excluding hydrogens is 288 g/mol. The van der Waals surface area contributed by atoms with Crippen LogP contribution >= 0.6 is 15.9 Å². The molecule has 0 atom stereocenters. The average molecular weight is 299 g/mol. The molecule has 0 spiro atoms. The summed E-state index contributed by atoms with van der Waals surface area (Å²) in [5.74, 6) is -0.567. The molecule has 2 rings (SSSR count). The average Bonchev–Trinajstić information content (AvgIpc) is 2.68. The van der Waals surface area contributed by atoms with Crippen molar-refractivity contribution in [3.63, 3.8) is 0 Å². The Balaban J connectivity index is 2.37. The standard InChI is InChI=1S/C11H11BrN2O3/c1-2-7-16-10-13-14(11(15)17-10)9-6-4-3-5-8(9)12/h3-6H,2,7H2,1H3. The molecule has 6 heteroatoms. The third-order valence-electron chi connectivity index (χ3n) is 2.04. The molecule has 5 nitrogen and oxygen atoms in total. The van der Waals surface area contributed by atoms with Gasteiger partial charge < -0.3 is 9.15 Å². The zero-order valence-corrected chi connectivity index (χ0v) is 10.8. The van der Waals surface area contributed by atoms with E-state index in [1.54, 1.807) is 6.07 Å². The third-order valence-corrected chi connectivity index (χ3v) is 2.71. The van der Waals surface area contributed by atoms with Crippen molar-refractivity contribution in [1.29, 1.82) is 0 Å². The molecule has 0 aliphatic rings. The first-order valence-electron chi connectivity index (χ1n) is 5.20. The Kier molecular flexibility index (Phi) is 3.63. The third kappa shape index (κ3) is 2.58. The minimum atomic E-state index is -0.567. The number of rotatable bonds is 4. The van der Waals surface area contributed by atoms with Gasteiger partial charge in [-0.2, -0.15) is 4.68 Å². The highest BCUT2D eigenvalue weighted by Gasteiger charge is 2.12. The topological polar surface area (TPSA) is 57.3 Å². The van der Waals surface area contributed by atoms with E-state index in [9.17, 15) is 4.79 Å². The van der Waals surface area contributed by atoms with Crippen LogP contribution < -0.4 is 10.5 Å². The monoisotopic (exact) mass is 298 g/mol. The number of benzene rings is 1. The smallest absolute Gasteiger partial charge is 0.444 e. The second-order valence-corrected chi connectivity index (χ2v) is 4.20. The Morgan fingerprint density at radius 1 is 1.47 bits per heavy atom. The van der Waals surface area contributed by atoms with Crippen LogP contribution in [0.5, 0.6) is 6.08 Å². The molecule has 90 valence electrons. The summed E-state index contributed by atoms with van der Waals surface area (Å²) in [5, 5.41) is 3.96. The molecule has 1 heterocycles. The van der Waals surface area contributed by atoms with Crippen molar-refractivity contribution >= 4 is 15.9 Å². The minimum Gasteiger partial charge on any atom is -0.449 e. The van der Waals surface area contributed by atoms with E-state index in [1.807, 2.05) is 25.1 Å². The fourth-order valence-electron chi connectivity index (χ4n) is 1.28. The highest BCUT2D eigenvalue weighted by Crippen LogP contribution is 2.19. The van der Waals surface area contributed by atoms with Gasteiger partial charge in [-0.25, -0.2) is 4.79 Å². The summed E-state index contributed by atoms with van der Waals surface area (Å²) < 4.78 is 12.0. The molecule has 0 aliphatic heterocycles. The first-order valence-corrected chi connectivity index (χ1v) is 5.99. The fourth-order valence-corrected chi connectivity index (χ4v) is 1.74. The van der Waals surface area contributed by atoms with Gasteiger partial charge >= 0.3 is 11.8 Å². The van der Waals surface area contributed by atoms with Crippen LogP contribution in [0.15, 0.2) is 37.9 Å². The molecule has 0 fully saturated rings. The zero-order valence-electron chi connectivity index (χ0n) is 9.22. The summed E-state index contributed by atoms with van der Waals surface area (Å²) in [4.78, 5) is 11.6. The lowest BCUT2D eigenvalue weighted by Gasteiger charge is -2.00. The lowest BCUT2D eigenvalue weighted by molar-refractivity contribution is 0.225. The predicted molar refractivity (Wildman–Crippen MR) is 65.6 cm³/mol. The number of aromatic nitrogens is 2. The van der Waals surface area contributed by atoms with E-state index in [0.717, 1.165) is 15.6 Å². The number of ether oxygens (including phenoxy) is 1. The Morgan fingerprint density at radius 3 is 2.94 bits per heavy atom. The normalized spacial score (nSPS) is 10.5. The Morgan fingerprint density at radius 2 is 2.24 bits per heavy atom. The Hall–Kier alpha value is -1.56. The first-order chi connectivity index (χ1) is 8.22. The highest BCUT2D eigenvalue weighted by molar-refractivity contribution is 9.10. The summed E-state index contributed by atoms with van der Waals surface area (Å²) in [6.45, 7) is 2.43. The lowest BCUT2D eigenvalue weighted by atomic mass is 10.3. The van der Waals surface area contributed by atoms with Crippen molar-refractivity contribution in [2.45, 2.75) is 13.3 Å². The van der Waals surface area contributed by atoms with Crippen LogP contribution in [0.3, 0.4) is 0 Å². The van der Waals surface area contributed by atoms with Gasteiger partial charge in [-0.3, -0.25) is 0 Å². The predicted octanol–water partition coefficient (Wildman–Crippen LogP) is 2.38. The molecular formula is C11H11BrN2O3. The van der Waals surface area contributed by atoms with Gasteiger partial charge in [0.25, 0.3) is 0 Å². The van der Waals surface area contributed by atoms with Gasteiger partial charge in [0.05, 0.1) is 12.3 Å². The molecule has 0 saturated heterocycles. The van der Waals surface area contributed by atoms with E-state index < -0.39 is 5.76 Å². The Labute approximate surface area is 106 Å². The Bertz CT molecular complexity index is 562. The van der Waals surface area contributed by atoms with Crippen molar-refractivity contribution in [3.05, 3.63) is 39.3 Å². The molecule has 0 bridgehead atoms. The molecule has 1 aromatic heterocycles. The van der Waals surface area contributed by atoms with Crippen LogP contribution in [0.1, 0.15) is 13.3 Å². The van der Waals surface area contributed by atoms with Gasteiger partial charge in [0.1, 0.15) is 0 Å². The van der Waals surface area contributed by atoms with Gasteiger partial charge in [-0.15, -0.1) is 0 Å². The van der Waals surface area contributed by atoms with Gasteiger partial charge in [-0.05, 0) is 34.5 Å². The number of para-hydroxylation sites is 1. The minimum absolute atomic E-state index is 0.00685. The first kappa shape index (κ1) is 11.9. The molecule has 0 amide bonds. The van der Waals surface area contributed by atoms with Crippen molar-refractivity contribution in [2.75, 3.05) is 6.61 Å². The summed E-state index contributed by atoms with van der Waals surface area (Å²) in [6.07, 6.45) is 0.818. The number of hydrogen-bond acceptors (Lipinski definition) is 4. The largest absolute Gasteiger partial charge is 0.449 e. The summed E-state index contributed by atoms with van der Waals surface area (Å²) in [7, 11) is 0. The fraction of sp³-hybridized carbons (Fsp3) is 0.273. The highest BCUT2D eigenvalue weighted by atomic mass is 79.9. The number of halogens is 1. The molecule has 2 aromatic rings.